The Balaban J connectivity index is 1.87. The van der Waals surface area contributed by atoms with E-state index in [9.17, 15) is 0 Å². The summed E-state index contributed by atoms with van der Waals surface area (Å²) in [5, 5.41) is 4.19. The van der Waals surface area contributed by atoms with Crippen LogP contribution < -0.4 is 10.1 Å². The van der Waals surface area contributed by atoms with Gasteiger partial charge in [-0.3, -0.25) is 0 Å². The molecule has 18 heavy (non-hydrogen) atoms. The highest BCUT2D eigenvalue weighted by Gasteiger charge is 2.21. The van der Waals surface area contributed by atoms with Gasteiger partial charge in [-0.05, 0) is 12.1 Å². The average molecular weight is 262 g/mol. The fourth-order valence-electron chi connectivity index (χ4n) is 1.93. The zero-order valence-corrected chi connectivity index (χ0v) is 10.9. The Morgan fingerprint density at radius 3 is 3.22 bits per heavy atom. The van der Waals surface area contributed by atoms with Gasteiger partial charge in [-0.1, -0.05) is 23.5 Å². The summed E-state index contributed by atoms with van der Waals surface area (Å²) in [6, 6.07) is 8.02. The van der Waals surface area contributed by atoms with Crippen molar-refractivity contribution in [1.29, 1.82) is 0 Å². The van der Waals surface area contributed by atoms with Crippen molar-refractivity contribution in [1.82, 2.24) is 4.98 Å². The van der Waals surface area contributed by atoms with Gasteiger partial charge in [0, 0.05) is 19.2 Å². The van der Waals surface area contributed by atoms with Crippen LogP contribution in [-0.4, -0.2) is 25.2 Å². The molecule has 0 unspecified atom stereocenters. The number of aromatic nitrogens is 1. The smallest absolute Gasteiger partial charge is 0.183 e. The number of fused-ring (bicyclic) bond motifs is 3. The summed E-state index contributed by atoms with van der Waals surface area (Å²) in [5.41, 5.74) is 2.12. The summed E-state index contributed by atoms with van der Waals surface area (Å²) in [6.45, 7) is 2.05. The number of rotatable bonds is 4. The molecule has 0 amide bonds. The van der Waals surface area contributed by atoms with E-state index in [2.05, 4.69) is 10.3 Å². The summed E-state index contributed by atoms with van der Waals surface area (Å²) < 4.78 is 10.7. The first-order chi connectivity index (χ1) is 8.88. The van der Waals surface area contributed by atoms with Crippen LogP contribution in [-0.2, 0) is 11.3 Å². The highest BCUT2D eigenvalue weighted by Crippen LogP contribution is 2.40. The van der Waals surface area contributed by atoms with Crippen molar-refractivity contribution in [3.8, 4) is 17.0 Å². The summed E-state index contributed by atoms with van der Waals surface area (Å²) in [5.74, 6) is 0.916. The fraction of sp³-hybridized carbons (Fsp3) is 0.308. The van der Waals surface area contributed by atoms with Crippen LogP contribution in [0, 0.1) is 0 Å². The van der Waals surface area contributed by atoms with E-state index < -0.39 is 0 Å². The zero-order valence-electron chi connectivity index (χ0n) is 10.1. The molecule has 5 heteroatoms. The second kappa shape index (κ2) is 4.96. The first kappa shape index (κ1) is 11.5. The summed E-state index contributed by atoms with van der Waals surface area (Å²) >= 11 is 1.65. The highest BCUT2D eigenvalue weighted by atomic mass is 32.1. The number of anilines is 1. The first-order valence-electron chi connectivity index (χ1n) is 5.83. The van der Waals surface area contributed by atoms with Gasteiger partial charge in [0.15, 0.2) is 5.13 Å². The lowest BCUT2D eigenvalue weighted by Gasteiger charge is -2.15. The molecular formula is C13H14N2O2S. The lowest BCUT2D eigenvalue weighted by atomic mass is 10.1. The van der Waals surface area contributed by atoms with Gasteiger partial charge in [-0.15, -0.1) is 0 Å². The van der Waals surface area contributed by atoms with Crippen molar-refractivity contribution in [2.45, 2.75) is 6.61 Å². The molecule has 4 nitrogen and oxygen atoms in total. The topological polar surface area (TPSA) is 43.4 Å². The number of hydrogen-bond donors (Lipinski definition) is 1. The highest BCUT2D eigenvalue weighted by molar-refractivity contribution is 7.16. The van der Waals surface area contributed by atoms with Crippen LogP contribution in [0.25, 0.3) is 11.3 Å². The van der Waals surface area contributed by atoms with E-state index in [1.807, 2.05) is 24.3 Å². The van der Waals surface area contributed by atoms with Crippen LogP contribution in [0.3, 0.4) is 0 Å². The largest absolute Gasteiger partial charge is 0.487 e. The quantitative estimate of drug-likeness (QED) is 0.860. The number of hydrogen-bond acceptors (Lipinski definition) is 5. The van der Waals surface area contributed by atoms with Gasteiger partial charge in [0.1, 0.15) is 12.4 Å². The molecule has 94 valence electrons. The molecule has 0 saturated heterocycles. The SMILES string of the molecule is COCCNc1nc2c(s1)COc1ccccc1-2. The van der Waals surface area contributed by atoms with Crippen LogP contribution in [0.5, 0.6) is 5.75 Å². The summed E-state index contributed by atoms with van der Waals surface area (Å²) in [4.78, 5) is 5.81. The van der Waals surface area contributed by atoms with E-state index in [1.165, 1.54) is 4.88 Å². The fourth-order valence-corrected chi connectivity index (χ4v) is 2.84. The monoisotopic (exact) mass is 262 g/mol. The molecule has 0 fully saturated rings. The maximum atomic E-state index is 5.71. The van der Waals surface area contributed by atoms with E-state index in [0.29, 0.717) is 13.2 Å². The van der Waals surface area contributed by atoms with E-state index in [-0.39, 0.29) is 0 Å². The van der Waals surface area contributed by atoms with Crippen LogP contribution in [0.4, 0.5) is 5.13 Å². The van der Waals surface area contributed by atoms with E-state index in [4.69, 9.17) is 9.47 Å². The molecule has 0 atom stereocenters. The number of methoxy groups -OCH3 is 1. The number of nitrogens with one attached hydrogen (secondary N) is 1. The molecule has 2 heterocycles. The van der Waals surface area contributed by atoms with Gasteiger partial charge in [-0.2, -0.15) is 0 Å². The van der Waals surface area contributed by atoms with E-state index >= 15 is 0 Å². The number of para-hydroxylation sites is 1. The van der Waals surface area contributed by atoms with Crippen molar-refractivity contribution < 1.29 is 9.47 Å². The predicted molar refractivity (Wildman–Crippen MR) is 72.2 cm³/mol. The molecule has 1 aliphatic rings. The number of thiazole rings is 1. The van der Waals surface area contributed by atoms with Crippen molar-refractivity contribution in [2.75, 3.05) is 25.6 Å². The van der Waals surface area contributed by atoms with Crippen molar-refractivity contribution in [2.24, 2.45) is 0 Å². The average Bonchev–Trinajstić information content (AvgIpc) is 2.82. The molecule has 3 rings (SSSR count). The molecule has 0 saturated carbocycles. The second-order valence-electron chi connectivity index (χ2n) is 4.00. The molecule has 0 radical (unpaired) electrons. The van der Waals surface area contributed by atoms with Crippen LogP contribution in [0.15, 0.2) is 24.3 Å². The van der Waals surface area contributed by atoms with Gasteiger partial charge in [0.2, 0.25) is 0 Å². The third-order valence-corrected chi connectivity index (χ3v) is 3.77. The van der Waals surface area contributed by atoms with Gasteiger partial charge < -0.3 is 14.8 Å². The Morgan fingerprint density at radius 2 is 2.33 bits per heavy atom. The standard InChI is InChI=1S/C13H14N2O2S/c1-16-7-6-14-13-15-12-9-4-2-3-5-10(9)17-8-11(12)18-13/h2-5H,6-8H2,1H3,(H,14,15). The third kappa shape index (κ3) is 2.07. The minimum absolute atomic E-state index is 0.607. The maximum Gasteiger partial charge on any atom is 0.183 e. The van der Waals surface area contributed by atoms with Gasteiger partial charge in [0.25, 0.3) is 0 Å². The van der Waals surface area contributed by atoms with Crippen molar-refractivity contribution in [3.63, 3.8) is 0 Å². The van der Waals surface area contributed by atoms with Crippen molar-refractivity contribution >= 4 is 16.5 Å². The second-order valence-corrected chi connectivity index (χ2v) is 5.08. The molecule has 1 aliphatic heterocycles. The number of nitrogens with zero attached hydrogens (tertiary/aromatic N) is 1. The molecule has 0 spiro atoms. The minimum atomic E-state index is 0.607. The Bertz CT molecular complexity index is 554. The van der Waals surface area contributed by atoms with Crippen LogP contribution >= 0.6 is 11.3 Å². The Labute approximate surface area is 110 Å². The lowest BCUT2D eigenvalue weighted by molar-refractivity contribution is 0.211. The number of benzene rings is 1. The summed E-state index contributed by atoms with van der Waals surface area (Å²) in [6.07, 6.45) is 0. The van der Waals surface area contributed by atoms with Gasteiger partial charge in [-0.25, -0.2) is 4.98 Å². The van der Waals surface area contributed by atoms with Crippen molar-refractivity contribution in [3.05, 3.63) is 29.1 Å². The molecular weight excluding hydrogens is 248 g/mol. The minimum Gasteiger partial charge on any atom is -0.487 e. The Kier molecular flexibility index (Phi) is 3.17. The van der Waals surface area contributed by atoms with Gasteiger partial charge in [0.05, 0.1) is 17.2 Å². The lowest BCUT2D eigenvalue weighted by Crippen LogP contribution is -2.07. The first-order valence-corrected chi connectivity index (χ1v) is 6.65. The zero-order chi connectivity index (χ0) is 12.4. The number of ether oxygens (including phenoxy) is 2. The Hall–Kier alpha value is -1.59. The van der Waals surface area contributed by atoms with Crippen LogP contribution in [0.1, 0.15) is 4.88 Å². The Morgan fingerprint density at radius 1 is 1.44 bits per heavy atom. The molecule has 0 aliphatic carbocycles. The van der Waals surface area contributed by atoms with Crippen LogP contribution in [0.2, 0.25) is 0 Å². The predicted octanol–water partition coefficient (Wildman–Crippen LogP) is 2.76. The normalized spacial score (nSPS) is 12.5. The van der Waals surface area contributed by atoms with E-state index in [1.54, 1.807) is 18.4 Å². The summed E-state index contributed by atoms with van der Waals surface area (Å²) in [7, 11) is 1.69. The van der Waals surface area contributed by atoms with Gasteiger partial charge >= 0.3 is 0 Å². The third-order valence-electron chi connectivity index (χ3n) is 2.78. The maximum absolute atomic E-state index is 5.71. The molecule has 2 aromatic rings. The van der Waals surface area contributed by atoms with E-state index in [0.717, 1.165) is 28.7 Å². The molecule has 0 bridgehead atoms. The molecule has 1 N–H and O–H groups in total. The molecule has 1 aromatic heterocycles. The molecule has 1 aromatic carbocycles.